The lowest BCUT2D eigenvalue weighted by atomic mass is 10.2. The van der Waals surface area contributed by atoms with Gasteiger partial charge in [0.05, 0.1) is 11.1 Å². The molecular weight excluding hydrogens is 345 g/mol. The SMILES string of the molecule is O=C(CNC(=O)Nc1ccc(F)cc1)NN=Cc1cccc([N+](=O)[O-])c1. The fourth-order valence-electron chi connectivity index (χ4n) is 1.81. The van der Waals surface area contributed by atoms with Gasteiger partial charge < -0.3 is 10.6 Å². The Morgan fingerprint density at radius 3 is 2.62 bits per heavy atom. The summed E-state index contributed by atoms with van der Waals surface area (Å²) in [6, 6.07) is 10.2. The van der Waals surface area contributed by atoms with Gasteiger partial charge in [-0.2, -0.15) is 5.10 Å². The second-order valence-corrected chi connectivity index (χ2v) is 4.96. The lowest BCUT2D eigenvalue weighted by molar-refractivity contribution is -0.384. The zero-order chi connectivity index (χ0) is 18.9. The minimum absolute atomic E-state index is 0.0978. The van der Waals surface area contributed by atoms with E-state index in [9.17, 15) is 24.1 Å². The van der Waals surface area contributed by atoms with E-state index in [2.05, 4.69) is 21.2 Å². The van der Waals surface area contributed by atoms with E-state index in [1.807, 2.05) is 0 Å². The number of anilines is 1. The lowest BCUT2D eigenvalue weighted by Crippen LogP contribution is -2.37. The number of hydrogen-bond donors (Lipinski definition) is 3. The van der Waals surface area contributed by atoms with Crippen LogP contribution in [0.2, 0.25) is 0 Å². The Labute approximate surface area is 147 Å². The fourth-order valence-corrected chi connectivity index (χ4v) is 1.81. The predicted molar refractivity (Wildman–Crippen MR) is 92.3 cm³/mol. The number of nitrogens with one attached hydrogen (secondary N) is 3. The van der Waals surface area contributed by atoms with Gasteiger partial charge in [0.2, 0.25) is 0 Å². The van der Waals surface area contributed by atoms with Gasteiger partial charge in [-0.1, -0.05) is 12.1 Å². The van der Waals surface area contributed by atoms with Crippen LogP contribution in [0.1, 0.15) is 5.56 Å². The summed E-state index contributed by atoms with van der Waals surface area (Å²) in [5, 5.41) is 19.0. The van der Waals surface area contributed by atoms with Crippen LogP contribution in [-0.2, 0) is 4.79 Å². The van der Waals surface area contributed by atoms with Gasteiger partial charge in [0.1, 0.15) is 12.4 Å². The molecule has 0 bridgehead atoms. The fraction of sp³-hybridized carbons (Fsp3) is 0.0625. The Balaban J connectivity index is 1.76. The van der Waals surface area contributed by atoms with Gasteiger partial charge in [-0.25, -0.2) is 14.6 Å². The van der Waals surface area contributed by atoms with Gasteiger partial charge in [0, 0.05) is 23.4 Å². The summed E-state index contributed by atoms with van der Waals surface area (Å²) in [6.45, 7) is -0.348. The zero-order valence-electron chi connectivity index (χ0n) is 13.3. The summed E-state index contributed by atoms with van der Waals surface area (Å²) in [5.74, 6) is -1.03. The molecule has 26 heavy (non-hydrogen) atoms. The van der Waals surface area contributed by atoms with E-state index < -0.39 is 22.7 Å². The van der Waals surface area contributed by atoms with Crippen molar-refractivity contribution in [2.45, 2.75) is 0 Å². The first kappa shape index (κ1) is 18.5. The minimum atomic E-state index is -0.644. The Kier molecular flexibility index (Phi) is 6.32. The van der Waals surface area contributed by atoms with Crippen molar-refractivity contribution < 1.29 is 18.9 Å². The smallest absolute Gasteiger partial charge is 0.319 e. The first-order chi connectivity index (χ1) is 12.4. The van der Waals surface area contributed by atoms with E-state index in [-0.39, 0.29) is 12.2 Å². The van der Waals surface area contributed by atoms with Crippen LogP contribution in [0.25, 0.3) is 0 Å². The standard InChI is InChI=1S/C16H14FN5O4/c17-12-4-6-13(7-5-12)20-16(24)18-10-15(23)21-19-9-11-2-1-3-14(8-11)22(25)26/h1-9H,10H2,(H,21,23)(H2,18,20,24). The van der Waals surface area contributed by atoms with Crippen LogP contribution in [0.3, 0.4) is 0 Å². The summed E-state index contributed by atoms with van der Waals surface area (Å²) in [6.07, 6.45) is 1.24. The van der Waals surface area contributed by atoms with E-state index in [1.54, 1.807) is 6.07 Å². The van der Waals surface area contributed by atoms with Crippen LogP contribution in [0.4, 0.5) is 20.6 Å². The van der Waals surface area contributed by atoms with E-state index >= 15 is 0 Å². The summed E-state index contributed by atoms with van der Waals surface area (Å²) in [5.41, 5.74) is 2.88. The molecule has 2 aromatic carbocycles. The number of amides is 3. The van der Waals surface area contributed by atoms with Crippen molar-refractivity contribution in [3.05, 3.63) is 70.0 Å². The molecule has 0 heterocycles. The molecule has 0 atom stereocenters. The number of nitro groups is 1. The van der Waals surface area contributed by atoms with Gasteiger partial charge in [-0.05, 0) is 24.3 Å². The summed E-state index contributed by atoms with van der Waals surface area (Å²) in [4.78, 5) is 33.3. The molecule has 0 fully saturated rings. The van der Waals surface area contributed by atoms with Crippen molar-refractivity contribution in [2.75, 3.05) is 11.9 Å². The van der Waals surface area contributed by atoms with Crippen LogP contribution in [-0.4, -0.2) is 29.6 Å². The maximum Gasteiger partial charge on any atom is 0.319 e. The van der Waals surface area contributed by atoms with Crippen LogP contribution in [0.15, 0.2) is 53.6 Å². The molecule has 10 heteroatoms. The number of halogens is 1. The number of rotatable bonds is 6. The average molecular weight is 359 g/mol. The third-order valence-electron chi connectivity index (χ3n) is 3.00. The van der Waals surface area contributed by atoms with E-state index in [4.69, 9.17) is 0 Å². The Morgan fingerprint density at radius 1 is 1.19 bits per heavy atom. The third-order valence-corrected chi connectivity index (χ3v) is 3.00. The molecule has 0 aliphatic heterocycles. The Morgan fingerprint density at radius 2 is 1.92 bits per heavy atom. The molecule has 0 saturated heterocycles. The van der Waals surface area contributed by atoms with Crippen LogP contribution < -0.4 is 16.1 Å². The molecule has 0 aliphatic rings. The highest BCUT2D eigenvalue weighted by Gasteiger charge is 2.06. The van der Waals surface area contributed by atoms with Gasteiger partial charge in [0.25, 0.3) is 11.6 Å². The normalized spacial score (nSPS) is 10.3. The molecule has 3 N–H and O–H groups in total. The predicted octanol–water partition coefficient (Wildman–Crippen LogP) is 2.01. The van der Waals surface area contributed by atoms with E-state index in [0.29, 0.717) is 11.3 Å². The van der Waals surface area contributed by atoms with Gasteiger partial charge in [-0.15, -0.1) is 0 Å². The first-order valence-corrected chi connectivity index (χ1v) is 7.31. The molecule has 0 aliphatic carbocycles. The van der Waals surface area contributed by atoms with Crippen molar-refractivity contribution in [2.24, 2.45) is 5.10 Å². The third kappa shape index (κ3) is 6.00. The van der Waals surface area contributed by atoms with E-state index in [0.717, 1.165) is 0 Å². The quantitative estimate of drug-likeness (QED) is 0.414. The average Bonchev–Trinajstić information content (AvgIpc) is 2.62. The highest BCUT2D eigenvalue weighted by atomic mass is 19.1. The van der Waals surface area contributed by atoms with Crippen LogP contribution >= 0.6 is 0 Å². The first-order valence-electron chi connectivity index (χ1n) is 7.31. The van der Waals surface area contributed by atoms with Crippen molar-refractivity contribution in [1.29, 1.82) is 0 Å². The lowest BCUT2D eigenvalue weighted by Gasteiger charge is -2.06. The van der Waals surface area contributed by atoms with Gasteiger partial charge in [-0.3, -0.25) is 14.9 Å². The molecule has 0 unspecified atom stereocenters. The number of carbonyl (C=O) groups is 2. The summed E-state index contributed by atoms with van der Waals surface area (Å²) < 4.78 is 12.8. The topological polar surface area (TPSA) is 126 Å². The van der Waals surface area contributed by atoms with Crippen molar-refractivity contribution in [3.8, 4) is 0 Å². The Hall–Kier alpha value is -3.82. The number of carbonyl (C=O) groups excluding carboxylic acids is 2. The molecule has 2 rings (SSSR count). The molecule has 0 aromatic heterocycles. The molecule has 134 valence electrons. The zero-order valence-corrected chi connectivity index (χ0v) is 13.3. The molecule has 2 aromatic rings. The largest absolute Gasteiger partial charge is 0.329 e. The molecule has 3 amide bonds. The second-order valence-electron chi connectivity index (χ2n) is 4.96. The molecule has 9 nitrogen and oxygen atoms in total. The van der Waals surface area contributed by atoms with Gasteiger partial charge in [0.15, 0.2) is 0 Å². The van der Waals surface area contributed by atoms with Crippen LogP contribution in [0.5, 0.6) is 0 Å². The number of non-ortho nitro benzene ring substituents is 1. The number of nitro benzene ring substituents is 1. The number of urea groups is 1. The molecular formula is C16H14FN5O4. The maximum absolute atomic E-state index is 12.8. The molecule has 0 saturated carbocycles. The summed E-state index contributed by atoms with van der Waals surface area (Å²) in [7, 11) is 0. The molecule has 0 spiro atoms. The number of nitrogens with zero attached hydrogens (tertiary/aromatic N) is 2. The number of hydrogen-bond acceptors (Lipinski definition) is 5. The van der Waals surface area contributed by atoms with Crippen molar-refractivity contribution >= 4 is 29.5 Å². The van der Waals surface area contributed by atoms with Crippen molar-refractivity contribution in [3.63, 3.8) is 0 Å². The van der Waals surface area contributed by atoms with Crippen LogP contribution in [0, 0.1) is 15.9 Å². The highest BCUT2D eigenvalue weighted by Crippen LogP contribution is 2.11. The van der Waals surface area contributed by atoms with E-state index in [1.165, 1.54) is 48.7 Å². The Bertz CT molecular complexity index is 839. The summed E-state index contributed by atoms with van der Waals surface area (Å²) >= 11 is 0. The number of benzene rings is 2. The monoisotopic (exact) mass is 359 g/mol. The maximum atomic E-state index is 12.8. The number of hydrazone groups is 1. The minimum Gasteiger partial charge on any atom is -0.329 e. The molecule has 0 radical (unpaired) electrons. The van der Waals surface area contributed by atoms with Gasteiger partial charge >= 0.3 is 6.03 Å². The highest BCUT2D eigenvalue weighted by molar-refractivity contribution is 5.92. The van der Waals surface area contributed by atoms with Crippen molar-refractivity contribution in [1.82, 2.24) is 10.7 Å². The second kappa shape index (κ2) is 8.87.